The van der Waals surface area contributed by atoms with Crippen molar-refractivity contribution in [2.45, 2.75) is 0 Å². The average Bonchev–Trinajstić information content (AvgIpc) is 3.64. The summed E-state index contributed by atoms with van der Waals surface area (Å²) in [5.74, 6) is -3.33. The quantitative estimate of drug-likeness (QED) is 0.0588. The van der Waals surface area contributed by atoms with E-state index in [0.717, 1.165) is 12.2 Å². The van der Waals surface area contributed by atoms with E-state index in [0.29, 0.717) is 26.8 Å². The zero-order valence-corrected chi connectivity index (χ0v) is 37.8. The SMILES string of the molecule is O=C(O)c1c(-c2ccc(O)c(Br)c2)oc2c(Br)cc(/C=C(OS(=O)(=O)[O-])/C(=C/c3ccc4oc(-c5ccc(O)c(Br)c5)cc4c3)OS(=O)(=O)[O-])cc12.[Na+].[Na+]. The molecule has 0 saturated heterocycles. The molecule has 2 aromatic heterocycles. The predicted molar refractivity (Wildman–Crippen MR) is 194 cm³/mol. The minimum absolute atomic E-state index is 0. The van der Waals surface area contributed by atoms with E-state index in [4.69, 9.17) is 8.83 Å². The van der Waals surface area contributed by atoms with Crippen molar-refractivity contribution in [3.05, 3.63) is 114 Å². The summed E-state index contributed by atoms with van der Waals surface area (Å²) in [4.78, 5) is 12.5. The second-order valence-electron chi connectivity index (χ2n) is 10.7. The van der Waals surface area contributed by atoms with Gasteiger partial charge in [-0.1, -0.05) is 6.07 Å². The molecule has 4 aromatic carbocycles. The van der Waals surface area contributed by atoms with E-state index in [1.807, 2.05) is 0 Å². The molecule has 0 spiro atoms. The van der Waals surface area contributed by atoms with E-state index < -0.39 is 38.3 Å². The maximum Gasteiger partial charge on any atom is 1.00 e. The van der Waals surface area contributed by atoms with Crippen molar-refractivity contribution in [2.75, 3.05) is 0 Å². The van der Waals surface area contributed by atoms with Gasteiger partial charge in [-0.05, 0) is 138 Å². The minimum atomic E-state index is -5.64. The fourth-order valence-electron chi connectivity index (χ4n) is 5.08. The van der Waals surface area contributed by atoms with Crippen LogP contribution in [0.4, 0.5) is 0 Å². The van der Waals surface area contributed by atoms with E-state index in [-0.39, 0.29) is 119 Å². The van der Waals surface area contributed by atoms with Crippen LogP contribution in [0.1, 0.15) is 21.5 Å². The first-order chi connectivity index (χ1) is 24.3. The molecular weight excluding hydrogens is 970 g/mol. The third-order valence-corrected chi connectivity index (χ3v) is 9.81. The van der Waals surface area contributed by atoms with E-state index in [1.54, 1.807) is 18.2 Å². The van der Waals surface area contributed by atoms with Gasteiger partial charge in [-0.2, -0.15) is 0 Å². The molecule has 14 nitrogen and oxygen atoms in total. The third kappa shape index (κ3) is 10.2. The van der Waals surface area contributed by atoms with Gasteiger partial charge >= 0.3 is 65.1 Å². The van der Waals surface area contributed by atoms with Gasteiger partial charge in [-0.3, -0.25) is 0 Å². The number of benzene rings is 4. The Balaban J connectivity index is 0.00000325. The Bertz CT molecular complexity index is 2740. The van der Waals surface area contributed by atoms with Gasteiger partial charge in [0, 0.05) is 21.9 Å². The summed E-state index contributed by atoms with van der Waals surface area (Å²) in [6.07, 6.45) is 1.76. The van der Waals surface area contributed by atoms with Gasteiger partial charge in [0.2, 0.25) is 0 Å². The largest absolute Gasteiger partial charge is 1.00 e. The number of rotatable bonds is 10. The maximum absolute atomic E-state index is 12.5. The van der Waals surface area contributed by atoms with Crippen molar-refractivity contribution in [1.29, 1.82) is 0 Å². The fraction of sp³-hybridized carbons (Fsp3) is 0. The molecule has 0 radical (unpaired) electrons. The van der Waals surface area contributed by atoms with Crippen LogP contribution in [0.25, 0.3) is 56.7 Å². The molecule has 268 valence electrons. The van der Waals surface area contributed by atoms with E-state index in [2.05, 4.69) is 56.2 Å². The van der Waals surface area contributed by atoms with Crippen molar-refractivity contribution >= 4 is 109 Å². The molecular formula is C33H17Br3Na2O14S2. The maximum atomic E-state index is 12.5. The summed E-state index contributed by atoms with van der Waals surface area (Å²) in [7, 11) is -11.3. The summed E-state index contributed by atoms with van der Waals surface area (Å²) in [5, 5.41) is 30.3. The van der Waals surface area contributed by atoms with Gasteiger partial charge in [0.1, 0.15) is 39.7 Å². The van der Waals surface area contributed by atoms with E-state index in [9.17, 15) is 46.1 Å². The first kappa shape index (κ1) is 44.1. The number of carboxylic acid groups (broad SMARTS) is 1. The smallest absolute Gasteiger partial charge is 0.716 e. The van der Waals surface area contributed by atoms with E-state index >= 15 is 0 Å². The molecule has 6 aromatic rings. The third-order valence-electron chi connectivity index (χ3n) is 7.18. The van der Waals surface area contributed by atoms with Gasteiger partial charge in [-0.25, -0.2) is 21.6 Å². The molecule has 0 fully saturated rings. The topological polar surface area (TPSA) is 237 Å². The Kier molecular flexibility index (Phi) is 14.1. The Morgan fingerprint density at radius 1 is 0.685 bits per heavy atom. The molecule has 0 amide bonds. The molecule has 0 unspecified atom stereocenters. The average molecular weight is 987 g/mol. The van der Waals surface area contributed by atoms with Crippen LogP contribution in [0.5, 0.6) is 11.5 Å². The van der Waals surface area contributed by atoms with Gasteiger partial charge < -0.3 is 41.6 Å². The molecule has 0 bridgehead atoms. The number of furan rings is 2. The summed E-state index contributed by atoms with van der Waals surface area (Å²) in [6.45, 7) is 0. The van der Waals surface area contributed by atoms with Crippen LogP contribution in [0.2, 0.25) is 0 Å². The predicted octanol–water partition coefficient (Wildman–Crippen LogP) is 2.25. The molecule has 2 heterocycles. The zero-order chi connectivity index (χ0) is 37.7. The van der Waals surface area contributed by atoms with Crippen LogP contribution in [0.15, 0.2) is 107 Å². The van der Waals surface area contributed by atoms with Gasteiger partial charge in [0.25, 0.3) is 20.8 Å². The second kappa shape index (κ2) is 17.2. The number of aromatic hydroxyl groups is 2. The molecule has 0 aliphatic heterocycles. The Morgan fingerprint density at radius 3 is 1.80 bits per heavy atom. The van der Waals surface area contributed by atoms with E-state index in [1.165, 1.54) is 54.6 Å². The number of hydrogen-bond donors (Lipinski definition) is 3. The molecule has 54 heavy (non-hydrogen) atoms. The number of carbonyl (C=O) groups is 1. The summed E-state index contributed by atoms with van der Waals surface area (Å²) < 4.78 is 92.8. The van der Waals surface area contributed by atoms with Crippen molar-refractivity contribution in [1.82, 2.24) is 0 Å². The normalized spacial score (nSPS) is 12.3. The Labute approximate surface area is 375 Å². The van der Waals surface area contributed by atoms with Crippen LogP contribution in [0.3, 0.4) is 0 Å². The van der Waals surface area contributed by atoms with Gasteiger partial charge in [-0.15, -0.1) is 0 Å². The summed E-state index contributed by atoms with van der Waals surface area (Å²) in [6, 6.07) is 17.3. The molecule has 0 saturated carbocycles. The summed E-state index contributed by atoms with van der Waals surface area (Å²) in [5.41, 5.74) is 0.989. The number of phenols is 2. The zero-order valence-electron chi connectivity index (χ0n) is 27.4. The second-order valence-corrected chi connectivity index (χ2v) is 15.3. The number of halogens is 3. The van der Waals surface area contributed by atoms with Gasteiger partial charge in [0.15, 0.2) is 11.5 Å². The van der Waals surface area contributed by atoms with Crippen molar-refractivity contribution in [2.24, 2.45) is 0 Å². The number of hydrogen-bond acceptors (Lipinski definition) is 13. The number of fused-ring (bicyclic) bond motifs is 2. The van der Waals surface area contributed by atoms with Crippen molar-refractivity contribution in [3.63, 3.8) is 0 Å². The Morgan fingerprint density at radius 2 is 1.24 bits per heavy atom. The van der Waals surface area contributed by atoms with Crippen LogP contribution < -0.4 is 59.1 Å². The fourth-order valence-corrected chi connectivity index (χ4v) is 7.09. The number of carboxylic acids is 1. The Hall–Kier alpha value is -2.63. The van der Waals surface area contributed by atoms with Crippen molar-refractivity contribution in [3.8, 4) is 34.1 Å². The molecule has 0 aliphatic rings. The first-order valence-electron chi connectivity index (χ1n) is 14.1. The summed E-state index contributed by atoms with van der Waals surface area (Å²) >= 11 is 9.69. The minimum Gasteiger partial charge on any atom is -0.716 e. The number of phenolic OH excluding ortho intramolecular Hbond substituents is 2. The first-order valence-corrected chi connectivity index (χ1v) is 19.1. The van der Waals surface area contributed by atoms with Crippen LogP contribution >= 0.6 is 47.8 Å². The van der Waals surface area contributed by atoms with Crippen LogP contribution in [-0.4, -0.2) is 47.2 Å². The monoisotopic (exact) mass is 984 g/mol. The molecule has 6 rings (SSSR count). The standard InChI is InChI=1S/C33H19Br3O14S2.2Na/c34-21-12-17(2-4-24(21)37)27-14-19-7-15(1-6-26(19)47-27)10-28(49-51(41,42)43)29(50-52(44,45)46)11-16-8-20-30(33(39)40)31(48-32(20)23(36)9-16)18-3-5-25(38)22(35)13-18;;/h1-14,37-38H,(H,39,40)(H,41,42,43)(H,44,45,46);;/q;2*+1/p-2/b28-10-,29-11-;;. The van der Waals surface area contributed by atoms with Crippen LogP contribution in [-0.2, 0) is 29.2 Å². The molecule has 21 heteroatoms. The number of aromatic carboxylic acids is 1. The molecule has 0 aliphatic carbocycles. The molecule has 0 atom stereocenters. The van der Waals surface area contributed by atoms with Crippen LogP contribution in [0, 0.1) is 0 Å². The van der Waals surface area contributed by atoms with Crippen molar-refractivity contribution < 1.29 is 122 Å². The van der Waals surface area contributed by atoms with Gasteiger partial charge in [0.05, 0.1) is 13.4 Å². The molecule has 3 N–H and O–H groups in total.